The second-order valence-electron chi connectivity index (χ2n) is 7.04. The summed E-state index contributed by atoms with van der Waals surface area (Å²) in [6.07, 6.45) is 19.5. The molecule has 1 aromatic carbocycles. The fraction of sp³-hybridized carbons (Fsp3) is 0.609. The number of hydrogen-bond acceptors (Lipinski definition) is 2. The average Bonchev–Trinajstić information content (AvgIpc) is 2.62. The van der Waals surface area contributed by atoms with Crippen LogP contribution in [0.15, 0.2) is 36.4 Å². The van der Waals surface area contributed by atoms with Crippen molar-refractivity contribution in [1.29, 1.82) is 0 Å². The Morgan fingerprint density at radius 1 is 0.963 bits per heavy atom. The normalized spacial score (nSPS) is 10.7. The topological polar surface area (TPSA) is 29.1 Å². The molecule has 154 valence electrons. The van der Waals surface area contributed by atoms with E-state index < -0.39 is 0 Å². The SMILES string of the molecule is CCCCCCCCCC/C=C/CCCNc1cccc(CC(=O)Cl)c1.Cl. The molecule has 27 heavy (non-hydrogen) atoms. The predicted molar refractivity (Wildman–Crippen MR) is 122 cm³/mol. The largest absolute Gasteiger partial charge is 0.385 e. The lowest BCUT2D eigenvalue weighted by molar-refractivity contribution is -0.111. The lowest BCUT2D eigenvalue weighted by Crippen LogP contribution is -2.02. The van der Waals surface area contributed by atoms with Crippen molar-refractivity contribution in [3.8, 4) is 0 Å². The molecule has 0 atom stereocenters. The fourth-order valence-corrected chi connectivity index (χ4v) is 3.19. The van der Waals surface area contributed by atoms with Crippen molar-refractivity contribution >= 4 is 34.9 Å². The zero-order chi connectivity index (χ0) is 18.9. The van der Waals surface area contributed by atoms with Crippen LogP contribution in [0.3, 0.4) is 0 Å². The Labute approximate surface area is 177 Å². The lowest BCUT2D eigenvalue weighted by atomic mass is 10.1. The zero-order valence-corrected chi connectivity index (χ0v) is 18.4. The maximum absolute atomic E-state index is 11.0. The highest BCUT2D eigenvalue weighted by atomic mass is 35.5. The first-order valence-electron chi connectivity index (χ1n) is 10.4. The van der Waals surface area contributed by atoms with Crippen LogP contribution in [0, 0.1) is 0 Å². The lowest BCUT2D eigenvalue weighted by Gasteiger charge is -2.07. The van der Waals surface area contributed by atoms with Crippen molar-refractivity contribution < 1.29 is 4.79 Å². The van der Waals surface area contributed by atoms with Crippen LogP contribution in [0.2, 0.25) is 0 Å². The van der Waals surface area contributed by atoms with Gasteiger partial charge in [-0.1, -0.05) is 76.2 Å². The van der Waals surface area contributed by atoms with E-state index >= 15 is 0 Å². The van der Waals surface area contributed by atoms with E-state index in [2.05, 4.69) is 24.4 Å². The minimum atomic E-state index is -0.316. The summed E-state index contributed by atoms with van der Waals surface area (Å²) in [7, 11) is 0. The third kappa shape index (κ3) is 15.7. The third-order valence-corrected chi connectivity index (χ3v) is 4.67. The van der Waals surface area contributed by atoms with Gasteiger partial charge in [-0.05, 0) is 55.0 Å². The summed E-state index contributed by atoms with van der Waals surface area (Å²) < 4.78 is 0. The van der Waals surface area contributed by atoms with Crippen LogP contribution >= 0.6 is 24.0 Å². The van der Waals surface area contributed by atoms with Gasteiger partial charge in [-0.15, -0.1) is 12.4 Å². The average molecular weight is 414 g/mol. The number of nitrogens with one attached hydrogen (secondary N) is 1. The molecule has 0 unspecified atom stereocenters. The van der Waals surface area contributed by atoms with Gasteiger partial charge in [0.2, 0.25) is 5.24 Å². The van der Waals surface area contributed by atoms with Crippen molar-refractivity contribution in [3.05, 3.63) is 42.0 Å². The summed E-state index contributed by atoms with van der Waals surface area (Å²) in [6, 6.07) is 7.92. The number of unbranched alkanes of at least 4 members (excludes halogenated alkanes) is 9. The van der Waals surface area contributed by atoms with E-state index in [0.29, 0.717) is 6.42 Å². The molecule has 0 amide bonds. The quantitative estimate of drug-likeness (QED) is 0.171. The predicted octanol–water partition coefficient (Wildman–Crippen LogP) is 7.70. The Balaban J connectivity index is 0.00000676. The summed E-state index contributed by atoms with van der Waals surface area (Å²) in [5.74, 6) is 0. The molecular weight excluding hydrogens is 377 g/mol. The van der Waals surface area contributed by atoms with Crippen LogP contribution in [0.5, 0.6) is 0 Å². The van der Waals surface area contributed by atoms with E-state index in [1.807, 2.05) is 24.3 Å². The summed E-state index contributed by atoms with van der Waals surface area (Å²) in [4.78, 5) is 11.0. The molecule has 0 aromatic heterocycles. The third-order valence-electron chi connectivity index (χ3n) is 4.54. The molecule has 0 spiro atoms. The Bertz CT molecular complexity index is 517. The number of allylic oxidation sites excluding steroid dienone is 2. The highest BCUT2D eigenvalue weighted by molar-refractivity contribution is 6.63. The van der Waals surface area contributed by atoms with Crippen molar-refractivity contribution in [2.75, 3.05) is 11.9 Å². The van der Waals surface area contributed by atoms with Gasteiger partial charge < -0.3 is 5.32 Å². The molecule has 1 aromatic rings. The van der Waals surface area contributed by atoms with Crippen molar-refractivity contribution in [3.63, 3.8) is 0 Å². The molecule has 0 aliphatic heterocycles. The minimum Gasteiger partial charge on any atom is -0.385 e. The van der Waals surface area contributed by atoms with Gasteiger partial charge >= 0.3 is 0 Å². The summed E-state index contributed by atoms with van der Waals surface area (Å²) >= 11 is 5.44. The second-order valence-corrected chi connectivity index (χ2v) is 7.46. The number of hydrogen-bond donors (Lipinski definition) is 1. The summed E-state index contributed by atoms with van der Waals surface area (Å²) in [6.45, 7) is 3.21. The van der Waals surface area contributed by atoms with Crippen LogP contribution in [0.4, 0.5) is 5.69 Å². The maximum atomic E-state index is 11.0. The number of rotatable bonds is 16. The smallest absolute Gasteiger partial charge is 0.226 e. The molecule has 2 nitrogen and oxygen atoms in total. The highest BCUT2D eigenvalue weighted by Crippen LogP contribution is 2.13. The molecule has 0 aliphatic rings. The zero-order valence-electron chi connectivity index (χ0n) is 16.9. The highest BCUT2D eigenvalue weighted by Gasteiger charge is 2.00. The number of carbonyl (C=O) groups excluding carboxylic acids is 1. The first-order valence-corrected chi connectivity index (χ1v) is 10.8. The standard InChI is InChI=1S/C23H36ClNO.ClH/c1-2-3-4-5-6-7-8-9-10-11-12-13-14-18-25-22-17-15-16-21(19-22)20-23(24)26;/h11-12,15-17,19,25H,2-10,13-14,18,20H2,1H3;1H/b12-11+;. The molecule has 0 saturated heterocycles. The number of halogens is 2. The second kappa shape index (κ2) is 18.4. The minimum absolute atomic E-state index is 0. The Morgan fingerprint density at radius 2 is 1.59 bits per heavy atom. The van der Waals surface area contributed by atoms with Crippen LogP contribution < -0.4 is 5.32 Å². The molecule has 0 bridgehead atoms. The first-order chi connectivity index (χ1) is 12.7. The maximum Gasteiger partial charge on any atom is 0.226 e. The molecule has 0 saturated carbocycles. The van der Waals surface area contributed by atoms with Gasteiger partial charge in [-0.3, -0.25) is 4.79 Å². The molecule has 0 radical (unpaired) electrons. The van der Waals surface area contributed by atoms with Gasteiger partial charge in [0.15, 0.2) is 0 Å². The molecule has 0 heterocycles. The van der Waals surface area contributed by atoms with Crippen LogP contribution in [-0.2, 0) is 11.2 Å². The van der Waals surface area contributed by atoms with Crippen LogP contribution in [0.1, 0.15) is 83.1 Å². The molecule has 0 aliphatic carbocycles. The molecular formula is C23H37Cl2NO. The summed E-state index contributed by atoms with van der Waals surface area (Å²) in [5, 5.41) is 3.09. The monoisotopic (exact) mass is 413 g/mol. The van der Waals surface area contributed by atoms with Gasteiger partial charge in [0.05, 0.1) is 0 Å². The van der Waals surface area contributed by atoms with E-state index in [4.69, 9.17) is 11.6 Å². The van der Waals surface area contributed by atoms with Crippen LogP contribution in [0.25, 0.3) is 0 Å². The van der Waals surface area contributed by atoms with Crippen molar-refractivity contribution in [1.82, 2.24) is 0 Å². The summed E-state index contributed by atoms with van der Waals surface area (Å²) in [5.41, 5.74) is 2.02. The van der Waals surface area contributed by atoms with E-state index in [9.17, 15) is 4.79 Å². The van der Waals surface area contributed by atoms with Gasteiger partial charge in [-0.2, -0.15) is 0 Å². The van der Waals surface area contributed by atoms with E-state index in [-0.39, 0.29) is 17.6 Å². The van der Waals surface area contributed by atoms with E-state index in [1.54, 1.807) is 0 Å². The number of benzene rings is 1. The van der Waals surface area contributed by atoms with Gasteiger partial charge in [-0.25, -0.2) is 0 Å². The van der Waals surface area contributed by atoms with Gasteiger partial charge in [0.25, 0.3) is 0 Å². The van der Waals surface area contributed by atoms with Crippen LogP contribution in [-0.4, -0.2) is 11.8 Å². The molecule has 0 fully saturated rings. The molecule has 1 N–H and O–H groups in total. The van der Waals surface area contributed by atoms with Crippen molar-refractivity contribution in [2.45, 2.75) is 84.0 Å². The van der Waals surface area contributed by atoms with Gasteiger partial charge in [0.1, 0.15) is 0 Å². The van der Waals surface area contributed by atoms with E-state index in [1.165, 1.54) is 57.8 Å². The Kier molecular flexibility index (Phi) is 17.7. The van der Waals surface area contributed by atoms with Crippen molar-refractivity contribution in [2.24, 2.45) is 0 Å². The Morgan fingerprint density at radius 3 is 2.26 bits per heavy atom. The van der Waals surface area contributed by atoms with Gasteiger partial charge in [0, 0.05) is 18.7 Å². The number of carbonyl (C=O) groups is 1. The molecule has 4 heteroatoms. The van der Waals surface area contributed by atoms with E-state index in [0.717, 1.165) is 30.6 Å². The number of anilines is 1. The first kappa shape index (κ1) is 26.0. The fourth-order valence-electron chi connectivity index (χ4n) is 3.04. The Hall–Kier alpha value is -0.990. The molecule has 1 rings (SSSR count).